The van der Waals surface area contributed by atoms with Gasteiger partial charge in [-0.25, -0.2) is 0 Å². The number of hydrogen-bond acceptors (Lipinski definition) is 3. The predicted molar refractivity (Wildman–Crippen MR) is 88.3 cm³/mol. The number of hydrogen-bond donors (Lipinski definition) is 1. The van der Waals surface area contributed by atoms with Gasteiger partial charge in [0.05, 0.1) is 10.6 Å². The summed E-state index contributed by atoms with van der Waals surface area (Å²) in [5.41, 5.74) is 1.27. The van der Waals surface area contributed by atoms with Gasteiger partial charge in [-0.2, -0.15) is 0 Å². The Balaban J connectivity index is 2.28. The van der Waals surface area contributed by atoms with E-state index in [1.165, 1.54) is 24.3 Å². The lowest BCUT2D eigenvalue weighted by molar-refractivity contribution is 0.103. The van der Waals surface area contributed by atoms with E-state index in [1.807, 2.05) is 6.92 Å². The molecule has 0 aromatic heterocycles. The Morgan fingerprint density at radius 1 is 1.18 bits per heavy atom. The summed E-state index contributed by atoms with van der Waals surface area (Å²) in [6, 6.07) is 9.08. The highest BCUT2D eigenvalue weighted by molar-refractivity contribution is 6.37. The molecule has 0 saturated carbocycles. The van der Waals surface area contributed by atoms with Crippen LogP contribution >= 0.6 is 23.2 Å². The molecule has 2 rings (SSSR count). The third-order valence-electron chi connectivity index (χ3n) is 2.87. The molecule has 0 aliphatic carbocycles. The van der Waals surface area contributed by atoms with Crippen LogP contribution < -0.4 is 4.74 Å². The Morgan fingerprint density at radius 3 is 2.45 bits per heavy atom. The second-order valence-corrected chi connectivity index (χ2v) is 5.72. The molecule has 2 aromatic carbocycles. The Labute approximate surface area is 138 Å². The Kier molecular flexibility index (Phi) is 5.11. The summed E-state index contributed by atoms with van der Waals surface area (Å²) in [6.45, 7) is 5.90. The average molecular weight is 337 g/mol. The van der Waals surface area contributed by atoms with E-state index in [1.54, 1.807) is 12.1 Å². The van der Waals surface area contributed by atoms with Crippen LogP contribution in [-0.4, -0.2) is 17.5 Å². The Bertz CT molecular complexity index is 739. The van der Waals surface area contributed by atoms with Crippen LogP contribution in [0.4, 0.5) is 0 Å². The lowest BCUT2D eigenvalue weighted by Gasteiger charge is -2.09. The minimum atomic E-state index is -0.384. The first kappa shape index (κ1) is 16.4. The van der Waals surface area contributed by atoms with Crippen LogP contribution in [0.5, 0.6) is 11.5 Å². The zero-order valence-electron chi connectivity index (χ0n) is 11.9. The molecule has 0 radical (unpaired) electrons. The van der Waals surface area contributed by atoms with Crippen molar-refractivity contribution in [3.05, 3.63) is 69.7 Å². The van der Waals surface area contributed by atoms with Gasteiger partial charge < -0.3 is 9.84 Å². The van der Waals surface area contributed by atoms with Gasteiger partial charge >= 0.3 is 0 Å². The smallest absolute Gasteiger partial charge is 0.198 e. The number of aromatic hydroxyl groups is 1. The van der Waals surface area contributed by atoms with Crippen LogP contribution in [0.2, 0.25) is 10.0 Å². The van der Waals surface area contributed by atoms with E-state index in [0.717, 1.165) is 5.57 Å². The lowest BCUT2D eigenvalue weighted by atomic mass is 10.0. The van der Waals surface area contributed by atoms with Gasteiger partial charge in [-0.1, -0.05) is 29.8 Å². The summed E-state index contributed by atoms with van der Waals surface area (Å²) in [7, 11) is 0. The second-order valence-electron chi connectivity index (χ2n) is 4.88. The number of carbonyl (C=O) groups excluding carboxylic acids is 1. The number of rotatable bonds is 5. The molecule has 0 bridgehead atoms. The zero-order valence-corrected chi connectivity index (χ0v) is 13.4. The normalized spacial score (nSPS) is 10.3. The molecule has 0 fully saturated rings. The first-order valence-corrected chi connectivity index (χ1v) is 7.24. The van der Waals surface area contributed by atoms with E-state index in [4.69, 9.17) is 27.9 Å². The van der Waals surface area contributed by atoms with Crippen LogP contribution in [0.15, 0.2) is 48.6 Å². The fourth-order valence-electron chi connectivity index (χ4n) is 1.82. The van der Waals surface area contributed by atoms with Crippen molar-refractivity contribution in [1.29, 1.82) is 0 Å². The largest absolute Gasteiger partial charge is 0.507 e. The van der Waals surface area contributed by atoms with E-state index < -0.39 is 0 Å². The maximum absolute atomic E-state index is 12.4. The topological polar surface area (TPSA) is 46.5 Å². The highest BCUT2D eigenvalue weighted by atomic mass is 35.5. The number of phenolic OH excluding ortho intramolecular Hbond substituents is 1. The summed E-state index contributed by atoms with van der Waals surface area (Å²) in [5, 5.41) is 10.7. The Hall–Kier alpha value is -1.97. The highest BCUT2D eigenvalue weighted by Gasteiger charge is 2.17. The summed E-state index contributed by atoms with van der Waals surface area (Å²) >= 11 is 11.8. The maximum atomic E-state index is 12.4. The molecule has 0 unspecified atom stereocenters. The third kappa shape index (κ3) is 3.81. The van der Waals surface area contributed by atoms with Gasteiger partial charge in [-0.05, 0) is 42.8 Å². The monoisotopic (exact) mass is 336 g/mol. The van der Waals surface area contributed by atoms with E-state index in [-0.39, 0.29) is 27.7 Å². The van der Waals surface area contributed by atoms with Crippen molar-refractivity contribution in [3.8, 4) is 11.5 Å². The van der Waals surface area contributed by atoms with E-state index in [9.17, 15) is 9.90 Å². The molecule has 0 amide bonds. The van der Waals surface area contributed by atoms with E-state index in [2.05, 4.69) is 6.58 Å². The van der Waals surface area contributed by atoms with E-state index >= 15 is 0 Å². The van der Waals surface area contributed by atoms with E-state index in [0.29, 0.717) is 17.4 Å². The molecule has 0 atom stereocenters. The van der Waals surface area contributed by atoms with Crippen LogP contribution in [0.25, 0.3) is 0 Å². The molecule has 0 aliphatic heterocycles. The Morgan fingerprint density at radius 2 is 1.86 bits per heavy atom. The van der Waals surface area contributed by atoms with Gasteiger partial charge in [-0.15, -0.1) is 0 Å². The van der Waals surface area contributed by atoms with Crippen LogP contribution in [0, 0.1) is 0 Å². The van der Waals surface area contributed by atoms with Crippen LogP contribution in [-0.2, 0) is 0 Å². The molecule has 1 N–H and O–H groups in total. The molecule has 114 valence electrons. The van der Waals surface area contributed by atoms with Gasteiger partial charge in [0.1, 0.15) is 18.1 Å². The zero-order chi connectivity index (χ0) is 16.3. The van der Waals surface area contributed by atoms with Gasteiger partial charge in [-0.3, -0.25) is 4.79 Å². The summed E-state index contributed by atoms with van der Waals surface area (Å²) < 4.78 is 5.41. The third-order valence-corrected chi connectivity index (χ3v) is 3.42. The first-order valence-electron chi connectivity index (χ1n) is 6.48. The molecular formula is C17H14Cl2O3. The van der Waals surface area contributed by atoms with Gasteiger partial charge in [0.15, 0.2) is 5.78 Å². The van der Waals surface area contributed by atoms with Crippen molar-refractivity contribution in [1.82, 2.24) is 0 Å². The number of benzene rings is 2. The lowest BCUT2D eigenvalue weighted by Crippen LogP contribution is -2.03. The SMILES string of the molecule is C=C(C)COc1ccc(C(=O)c2ccc(Cl)cc2Cl)c(O)c1. The average Bonchev–Trinajstić information content (AvgIpc) is 2.44. The second kappa shape index (κ2) is 6.86. The molecule has 0 saturated heterocycles. The van der Waals surface area contributed by atoms with Crippen LogP contribution in [0.3, 0.4) is 0 Å². The molecular weight excluding hydrogens is 323 g/mol. The molecule has 0 spiro atoms. The number of halogens is 2. The van der Waals surface area contributed by atoms with Gasteiger partial charge in [0.25, 0.3) is 0 Å². The molecule has 22 heavy (non-hydrogen) atoms. The summed E-state index contributed by atoms with van der Waals surface area (Å²) in [6.07, 6.45) is 0. The predicted octanol–water partition coefficient (Wildman–Crippen LogP) is 4.88. The quantitative estimate of drug-likeness (QED) is 0.624. The molecule has 3 nitrogen and oxygen atoms in total. The maximum Gasteiger partial charge on any atom is 0.198 e. The number of phenols is 1. The molecule has 0 aliphatic rings. The van der Waals surface area contributed by atoms with Crippen molar-refractivity contribution in [2.45, 2.75) is 6.92 Å². The summed E-state index contributed by atoms with van der Waals surface area (Å²) in [5.74, 6) is -0.0971. The number of carbonyl (C=O) groups is 1. The van der Waals surface area contributed by atoms with Crippen molar-refractivity contribution in [2.24, 2.45) is 0 Å². The standard InChI is InChI=1S/C17H14Cl2O3/c1-10(2)9-22-12-4-6-14(16(20)8-12)17(21)13-5-3-11(18)7-15(13)19/h3-8,20H,1,9H2,2H3. The molecule has 2 aromatic rings. The fourth-order valence-corrected chi connectivity index (χ4v) is 2.31. The van der Waals surface area contributed by atoms with Gasteiger partial charge in [0.2, 0.25) is 0 Å². The minimum Gasteiger partial charge on any atom is -0.507 e. The molecule has 0 heterocycles. The van der Waals surface area contributed by atoms with Gasteiger partial charge in [0, 0.05) is 16.7 Å². The minimum absolute atomic E-state index is 0.145. The van der Waals surface area contributed by atoms with Crippen molar-refractivity contribution in [3.63, 3.8) is 0 Å². The number of ether oxygens (including phenoxy) is 1. The van der Waals surface area contributed by atoms with Crippen LogP contribution in [0.1, 0.15) is 22.8 Å². The fraction of sp³-hybridized carbons (Fsp3) is 0.118. The summed E-state index contributed by atoms with van der Waals surface area (Å²) in [4.78, 5) is 12.4. The van der Waals surface area contributed by atoms with Crippen molar-refractivity contribution in [2.75, 3.05) is 6.61 Å². The molecule has 5 heteroatoms. The number of ketones is 1. The first-order chi connectivity index (χ1) is 10.4. The van der Waals surface area contributed by atoms with Crippen molar-refractivity contribution < 1.29 is 14.6 Å². The highest BCUT2D eigenvalue weighted by Crippen LogP contribution is 2.29. The van der Waals surface area contributed by atoms with Crippen molar-refractivity contribution >= 4 is 29.0 Å².